The number of hydrogen-bond donors (Lipinski definition) is 0. The molecule has 0 saturated heterocycles. The van der Waals surface area contributed by atoms with E-state index < -0.39 is 28.6 Å². The van der Waals surface area contributed by atoms with Gasteiger partial charge in [-0.1, -0.05) is 84.9 Å². The number of hydrogen-bond acceptors (Lipinski definition) is 5. The fourth-order valence-electron chi connectivity index (χ4n) is 8.14. The highest BCUT2D eigenvalue weighted by atomic mass is 32.1. The van der Waals surface area contributed by atoms with Gasteiger partial charge in [-0.05, 0) is 88.0 Å². The first-order valence-electron chi connectivity index (χ1n) is 16.5. The molecule has 5 aromatic carbocycles. The maximum absolute atomic E-state index is 14.1. The number of rotatable bonds is 4. The Kier molecular flexibility index (Phi) is 6.29. The summed E-state index contributed by atoms with van der Waals surface area (Å²) >= 11 is 1.48. The molecule has 4 nitrogen and oxygen atoms in total. The Morgan fingerprint density at radius 1 is 0.569 bits per heavy atom. The number of benzene rings is 5. The van der Waals surface area contributed by atoms with Crippen LogP contribution in [0.2, 0.25) is 0 Å². The smallest absolute Gasteiger partial charge is 0.197 e. The number of ketones is 2. The summed E-state index contributed by atoms with van der Waals surface area (Å²) in [5.41, 5.74) is 8.55. The number of para-hydroxylation sites is 2. The van der Waals surface area contributed by atoms with Gasteiger partial charge in [0.15, 0.2) is 23.2 Å². The summed E-state index contributed by atoms with van der Waals surface area (Å²) in [7, 11) is 0. The van der Waals surface area contributed by atoms with E-state index in [4.69, 9.17) is 4.98 Å². The Morgan fingerprint density at radius 3 is 1.67 bits per heavy atom. The lowest BCUT2D eigenvalue weighted by molar-refractivity contribution is 0.0990. The lowest BCUT2D eigenvalue weighted by atomic mass is 9.71. The van der Waals surface area contributed by atoms with E-state index in [-0.39, 0.29) is 16.7 Å². The topological polar surface area (TPSA) is 50.3 Å². The number of carbonyl (C=O) groups is 2. The highest BCUT2D eigenvalue weighted by Gasteiger charge is 2.53. The molecule has 242 valence electrons. The number of thiophene rings is 1. The van der Waals surface area contributed by atoms with Crippen molar-refractivity contribution in [1.82, 2.24) is 4.98 Å². The zero-order valence-corrected chi connectivity index (χ0v) is 27.5. The maximum atomic E-state index is 14.1. The molecule has 2 aromatic heterocycles. The lowest BCUT2D eigenvalue weighted by Gasteiger charge is -2.31. The number of nitrogens with zero attached hydrogens (tertiary/aromatic N) is 2. The Bertz CT molecular complexity index is 2540. The predicted octanol–water partition coefficient (Wildman–Crippen LogP) is 10.7. The van der Waals surface area contributed by atoms with Crippen LogP contribution < -0.4 is 4.90 Å². The van der Waals surface area contributed by atoms with Gasteiger partial charge in [0.2, 0.25) is 0 Å². The molecule has 2 heterocycles. The number of pyridine rings is 1. The monoisotopic (exact) mass is 682 g/mol. The van der Waals surface area contributed by atoms with E-state index in [2.05, 4.69) is 89.8 Å². The summed E-state index contributed by atoms with van der Waals surface area (Å²) in [5.74, 6) is -2.77. The Hall–Kier alpha value is -6.31. The van der Waals surface area contributed by atoms with Gasteiger partial charge < -0.3 is 0 Å². The molecule has 0 unspecified atom stereocenters. The van der Waals surface area contributed by atoms with Crippen molar-refractivity contribution in [2.75, 3.05) is 4.90 Å². The van der Waals surface area contributed by atoms with Gasteiger partial charge in [-0.15, -0.1) is 11.3 Å². The minimum atomic E-state index is -1.16. The molecular weight excluding hydrogens is 659 g/mol. The van der Waals surface area contributed by atoms with Crippen LogP contribution in [0.1, 0.15) is 47.8 Å². The lowest BCUT2D eigenvalue weighted by Crippen LogP contribution is -2.26. The number of halogens is 2. The molecule has 51 heavy (non-hydrogen) atoms. The van der Waals surface area contributed by atoms with Crippen molar-refractivity contribution in [3.8, 4) is 21.6 Å². The average molecular weight is 683 g/mol. The fraction of sp³-hybridized carbons (Fsp3) is 0.0227. The summed E-state index contributed by atoms with van der Waals surface area (Å²) in [6, 6.07) is 43.1. The van der Waals surface area contributed by atoms with Crippen molar-refractivity contribution in [1.29, 1.82) is 0 Å². The minimum absolute atomic E-state index is 0.105. The second-order valence-corrected chi connectivity index (χ2v) is 13.9. The molecule has 0 radical (unpaired) electrons. The van der Waals surface area contributed by atoms with Crippen molar-refractivity contribution in [2.24, 2.45) is 0 Å². The number of fused-ring (bicyclic) bond motifs is 11. The van der Waals surface area contributed by atoms with Crippen molar-refractivity contribution >= 4 is 46.2 Å². The first kappa shape index (κ1) is 29.6. The third kappa shape index (κ3) is 4.06. The van der Waals surface area contributed by atoms with Crippen LogP contribution in [-0.4, -0.2) is 16.6 Å². The van der Waals surface area contributed by atoms with E-state index in [1.165, 1.54) is 11.3 Å². The third-order valence-electron chi connectivity index (χ3n) is 10.2. The molecule has 7 heteroatoms. The number of allylic oxidation sites excluding steroid dienone is 1. The van der Waals surface area contributed by atoms with Crippen LogP contribution in [-0.2, 0) is 5.41 Å². The molecule has 0 amide bonds. The van der Waals surface area contributed by atoms with E-state index in [1.807, 2.05) is 42.6 Å². The quantitative estimate of drug-likeness (QED) is 0.137. The molecule has 1 spiro atoms. The highest BCUT2D eigenvalue weighted by Crippen LogP contribution is 2.64. The van der Waals surface area contributed by atoms with E-state index in [1.54, 1.807) is 6.08 Å². The molecule has 0 atom stereocenters. The van der Waals surface area contributed by atoms with Crippen molar-refractivity contribution in [3.05, 3.63) is 195 Å². The first-order valence-corrected chi connectivity index (χ1v) is 17.3. The van der Waals surface area contributed by atoms with Gasteiger partial charge >= 0.3 is 0 Å². The number of carbonyl (C=O) groups excluding carboxylic acids is 2. The third-order valence-corrected chi connectivity index (χ3v) is 11.3. The average Bonchev–Trinajstić information content (AvgIpc) is 3.85. The maximum Gasteiger partial charge on any atom is 0.197 e. The van der Waals surface area contributed by atoms with Crippen LogP contribution >= 0.6 is 11.3 Å². The van der Waals surface area contributed by atoms with Crippen molar-refractivity contribution in [3.63, 3.8) is 0 Å². The van der Waals surface area contributed by atoms with Crippen LogP contribution in [0.5, 0.6) is 0 Å². The van der Waals surface area contributed by atoms with E-state index in [9.17, 15) is 18.4 Å². The largest absolute Gasteiger partial charge is 0.295 e. The Morgan fingerprint density at radius 2 is 1.10 bits per heavy atom. The summed E-state index contributed by atoms with van der Waals surface area (Å²) in [4.78, 5) is 35.7. The second-order valence-electron chi connectivity index (χ2n) is 12.9. The van der Waals surface area contributed by atoms with Gasteiger partial charge in [0.05, 0.1) is 11.0 Å². The predicted molar refractivity (Wildman–Crippen MR) is 196 cm³/mol. The molecule has 0 N–H and O–H groups in total. The van der Waals surface area contributed by atoms with E-state index in [0.29, 0.717) is 4.88 Å². The number of Topliss-reactive ketones (excluding diaryl/α,β-unsaturated/α-hetero) is 2. The molecule has 7 aromatic rings. The standard InChI is InChI=1S/C44H24F2N2O2S/c45-38-21-30-31(22-39(38)46)42(50)32(41(30)49)19-27-20-37-43(51-27)33-24-47-40(48(25-11-3-1-4-12-25)26-13-5-2-6-14-26)23-36(33)44(37)34-17-9-7-15-28(34)29-16-8-10-18-35(29)44/h1-24H. The van der Waals surface area contributed by atoms with Crippen LogP contribution in [0.15, 0.2) is 145 Å². The van der Waals surface area contributed by atoms with Crippen LogP contribution in [0.3, 0.4) is 0 Å². The van der Waals surface area contributed by atoms with Gasteiger partial charge in [-0.2, -0.15) is 0 Å². The van der Waals surface area contributed by atoms with E-state index in [0.717, 1.165) is 73.1 Å². The molecular formula is C44H24F2N2O2S. The Labute approximate surface area is 295 Å². The Balaban J connectivity index is 1.21. The summed E-state index contributed by atoms with van der Waals surface area (Å²) in [5, 5.41) is 0. The fourth-order valence-corrected chi connectivity index (χ4v) is 9.32. The van der Waals surface area contributed by atoms with Crippen molar-refractivity contribution in [2.45, 2.75) is 5.41 Å². The molecule has 3 aliphatic rings. The van der Waals surface area contributed by atoms with Crippen LogP contribution in [0, 0.1) is 11.6 Å². The van der Waals surface area contributed by atoms with Gasteiger partial charge in [0, 0.05) is 44.0 Å². The zero-order valence-electron chi connectivity index (χ0n) is 26.7. The summed E-state index contributed by atoms with van der Waals surface area (Å²) < 4.78 is 28.2. The van der Waals surface area contributed by atoms with Crippen LogP contribution in [0.4, 0.5) is 26.0 Å². The second kappa shape index (κ2) is 10.8. The van der Waals surface area contributed by atoms with Gasteiger partial charge in [-0.3, -0.25) is 14.5 Å². The highest BCUT2D eigenvalue weighted by molar-refractivity contribution is 7.16. The molecule has 3 aliphatic carbocycles. The molecule has 0 aliphatic heterocycles. The molecule has 0 bridgehead atoms. The number of aromatic nitrogens is 1. The van der Waals surface area contributed by atoms with Gasteiger partial charge in [0.25, 0.3) is 0 Å². The summed E-state index contributed by atoms with van der Waals surface area (Å²) in [6.07, 6.45) is 3.50. The normalized spacial score (nSPS) is 14.3. The first-order chi connectivity index (χ1) is 24.9. The minimum Gasteiger partial charge on any atom is -0.295 e. The van der Waals surface area contributed by atoms with Gasteiger partial charge in [-0.25, -0.2) is 13.8 Å². The molecule has 0 fully saturated rings. The summed E-state index contributed by atoms with van der Waals surface area (Å²) in [6.45, 7) is 0. The number of anilines is 3. The molecule has 10 rings (SSSR count). The molecule has 0 saturated carbocycles. The zero-order chi connectivity index (χ0) is 34.4. The SMILES string of the molecule is O=C1C(=Cc2cc3c(s2)-c2cnc(N(c4ccccc4)c4ccccc4)cc2C32c3ccccc3-c3ccccc32)C(=O)c2cc(F)c(F)cc21. The van der Waals surface area contributed by atoms with E-state index >= 15 is 0 Å². The van der Waals surface area contributed by atoms with Gasteiger partial charge in [0.1, 0.15) is 5.82 Å². The van der Waals surface area contributed by atoms with Crippen molar-refractivity contribution < 1.29 is 18.4 Å². The van der Waals surface area contributed by atoms with Crippen LogP contribution in [0.25, 0.3) is 27.6 Å².